The second-order valence-electron chi connectivity index (χ2n) is 14.3. The predicted molar refractivity (Wildman–Crippen MR) is 204 cm³/mol. The third-order valence-electron chi connectivity index (χ3n) is 9.62. The van der Waals surface area contributed by atoms with Gasteiger partial charge < -0.3 is 19.1 Å². The van der Waals surface area contributed by atoms with E-state index in [1.807, 2.05) is 23.4 Å². The Hall–Kier alpha value is -1.59. The molecule has 2 heterocycles. The Morgan fingerprint density at radius 3 is 2.06 bits per heavy atom. The SMILES string of the molecule is CCCCCCCCCCCCCCCCCCOCC1COC(COC(=O)CCCCCN2C=CSC2OS(=O)(=O)c2ccc(C)cc2)C1. The molecule has 50 heavy (non-hydrogen) atoms. The molecule has 3 atom stereocenters. The van der Waals surface area contributed by atoms with E-state index in [0.29, 0.717) is 32.1 Å². The number of hydrogen-bond acceptors (Lipinski definition) is 9. The monoisotopic (exact) mass is 737 g/mol. The van der Waals surface area contributed by atoms with Gasteiger partial charge in [0.2, 0.25) is 5.56 Å². The van der Waals surface area contributed by atoms with E-state index in [0.717, 1.165) is 50.9 Å². The number of carbonyl (C=O) groups is 1. The number of unbranched alkanes of at least 4 members (excludes halogenated alkanes) is 17. The number of esters is 1. The maximum Gasteiger partial charge on any atom is 0.305 e. The van der Waals surface area contributed by atoms with Crippen molar-refractivity contribution in [3.05, 3.63) is 41.4 Å². The zero-order valence-electron chi connectivity index (χ0n) is 31.2. The van der Waals surface area contributed by atoms with Crippen LogP contribution in [0.3, 0.4) is 0 Å². The molecule has 0 N–H and O–H groups in total. The molecule has 1 fully saturated rings. The minimum absolute atomic E-state index is 0.0457. The molecule has 0 saturated carbocycles. The van der Waals surface area contributed by atoms with E-state index < -0.39 is 15.7 Å². The van der Waals surface area contributed by atoms with Gasteiger partial charge >= 0.3 is 5.97 Å². The van der Waals surface area contributed by atoms with Gasteiger partial charge in [-0.2, -0.15) is 8.42 Å². The Bertz CT molecular complexity index is 1160. The summed E-state index contributed by atoms with van der Waals surface area (Å²) in [5.74, 6) is 0.177. The third-order valence-corrected chi connectivity index (χ3v) is 11.9. The van der Waals surface area contributed by atoms with Gasteiger partial charge in [0.05, 0.1) is 24.2 Å². The van der Waals surface area contributed by atoms with E-state index in [4.69, 9.17) is 18.4 Å². The van der Waals surface area contributed by atoms with Crippen LogP contribution in [0.2, 0.25) is 0 Å². The van der Waals surface area contributed by atoms with Crippen molar-refractivity contribution in [2.24, 2.45) is 5.92 Å². The molecule has 0 aliphatic carbocycles. The first-order valence-electron chi connectivity index (χ1n) is 19.8. The summed E-state index contributed by atoms with van der Waals surface area (Å²) in [4.78, 5) is 14.3. The van der Waals surface area contributed by atoms with Gasteiger partial charge in [0, 0.05) is 31.7 Å². The van der Waals surface area contributed by atoms with E-state index in [9.17, 15) is 13.2 Å². The summed E-state index contributed by atoms with van der Waals surface area (Å²) in [5.41, 5.74) is 0.369. The molecule has 3 rings (SSSR count). The Morgan fingerprint density at radius 1 is 0.820 bits per heavy atom. The molecule has 1 saturated heterocycles. The molecule has 2 aliphatic rings. The van der Waals surface area contributed by atoms with Crippen LogP contribution in [0.1, 0.15) is 147 Å². The first-order chi connectivity index (χ1) is 24.4. The van der Waals surface area contributed by atoms with E-state index in [1.54, 1.807) is 24.3 Å². The van der Waals surface area contributed by atoms with Crippen LogP contribution in [-0.4, -0.2) is 63.9 Å². The molecular weight excluding hydrogens is 671 g/mol. The molecule has 10 heteroatoms. The van der Waals surface area contributed by atoms with Gasteiger partial charge in [-0.3, -0.25) is 4.79 Å². The van der Waals surface area contributed by atoms with Crippen molar-refractivity contribution in [1.82, 2.24) is 4.90 Å². The van der Waals surface area contributed by atoms with Crippen molar-refractivity contribution in [1.29, 1.82) is 0 Å². The normalized spacial score (nSPS) is 19.1. The van der Waals surface area contributed by atoms with Gasteiger partial charge in [-0.15, -0.1) is 0 Å². The zero-order chi connectivity index (χ0) is 35.7. The first kappa shape index (κ1) is 42.8. The zero-order valence-corrected chi connectivity index (χ0v) is 32.8. The van der Waals surface area contributed by atoms with Gasteiger partial charge in [-0.25, -0.2) is 4.18 Å². The fourth-order valence-electron chi connectivity index (χ4n) is 6.47. The van der Waals surface area contributed by atoms with E-state index in [-0.39, 0.29) is 17.0 Å². The number of thioether (sulfide) groups is 1. The highest BCUT2D eigenvalue weighted by Crippen LogP contribution is 2.30. The Balaban J connectivity index is 1.08. The number of carbonyl (C=O) groups excluding carboxylic acids is 1. The maximum absolute atomic E-state index is 12.7. The quantitative estimate of drug-likeness (QED) is 0.0435. The van der Waals surface area contributed by atoms with Gasteiger partial charge in [0.1, 0.15) is 6.61 Å². The largest absolute Gasteiger partial charge is 0.463 e. The molecule has 0 aromatic heterocycles. The van der Waals surface area contributed by atoms with E-state index in [1.165, 1.54) is 108 Å². The molecule has 0 bridgehead atoms. The van der Waals surface area contributed by atoms with Crippen molar-refractivity contribution in [2.75, 3.05) is 33.0 Å². The van der Waals surface area contributed by atoms with Gasteiger partial charge in [0.15, 0.2) is 0 Å². The summed E-state index contributed by atoms with van der Waals surface area (Å²) >= 11 is 1.33. The average molecular weight is 738 g/mol. The summed E-state index contributed by atoms with van der Waals surface area (Å²) in [5, 5.41) is 1.84. The molecule has 286 valence electrons. The fourth-order valence-corrected chi connectivity index (χ4v) is 8.56. The van der Waals surface area contributed by atoms with E-state index >= 15 is 0 Å². The number of aryl methyl sites for hydroxylation is 1. The lowest BCUT2D eigenvalue weighted by Gasteiger charge is -2.24. The fraction of sp³-hybridized carbons (Fsp3) is 0.775. The van der Waals surface area contributed by atoms with Gasteiger partial charge in [-0.05, 0) is 50.1 Å². The molecule has 1 aromatic carbocycles. The summed E-state index contributed by atoms with van der Waals surface area (Å²) in [6, 6.07) is 6.65. The van der Waals surface area contributed by atoms with Crippen LogP contribution in [0.4, 0.5) is 0 Å². The minimum atomic E-state index is -3.86. The standard InChI is InChI=1S/C40H67NO7S2/c1-3-4-5-6-7-8-9-10-11-12-13-14-15-16-17-21-29-45-32-36-31-37(46-33-36)34-47-39(42)22-19-18-20-27-41-28-30-49-40(41)48-50(43,44)38-25-23-35(2)24-26-38/h23-26,28,30,36-37,40H,3-22,27,29,31-34H2,1-2H3. The molecular formula is C40H67NO7S2. The first-order valence-corrected chi connectivity index (χ1v) is 22.2. The van der Waals surface area contributed by atoms with Crippen LogP contribution in [0.25, 0.3) is 0 Å². The highest BCUT2D eigenvalue weighted by molar-refractivity contribution is 8.03. The molecule has 0 spiro atoms. The minimum Gasteiger partial charge on any atom is -0.463 e. The number of ether oxygens (including phenoxy) is 3. The van der Waals surface area contributed by atoms with Crippen LogP contribution in [0.15, 0.2) is 40.8 Å². The molecule has 0 radical (unpaired) electrons. The summed E-state index contributed by atoms with van der Waals surface area (Å²) < 4.78 is 48.2. The summed E-state index contributed by atoms with van der Waals surface area (Å²) in [7, 11) is -3.86. The molecule has 1 aromatic rings. The highest BCUT2D eigenvalue weighted by atomic mass is 32.2. The second-order valence-corrected chi connectivity index (χ2v) is 16.8. The van der Waals surface area contributed by atoms with Crippen LogP contribution in [-0.2, 0) is 33.3 Å². The average Bonchev–Trinajstić information content (AvgIpc) is 3.75. The second kappa shape index (κ2) is 26.2. The van der Waals surface area contributed by atoms with Gasteiger partial charge in [-0.1, -0.05) is 139 Å². The molecule has 3 unspecified atom stereocenters. The molecule has 2 aliphatic heterocycles. The number of rotatable bonds is 30. The number of nitrogens with zero attached hydrogens (tertiary/aromatic N) is 1. The smallest absolute Gasteiger partial charge is 0.305 e. The Kier molecular flexibility index (Phi) is 22.5. The topological polar surface area (TPSA) is 91.4 Å². The Labute approximate surface area is 308 Å². The lowest BCUT2D eigenvalue weighted by Crippen LogP contribution is -2.30. The summed E-state index contributed by atoms with van der Waals surface area (Å²) in [6.45, 7) is 7.35. The summed E-state index contributed by atoms with van der Waals surface area (Å²) in [6.07, 6.45) is 27.4. The molecule has 0 amide bonds. The molecule has 8 nitrogen and oxygen atoms in total. The van der Waals surface area contributed by atoms with Crippen LogP contribution in [0.5, 0.6) is 0 Å². The van der Waals surface area contributed by atoms with Gasteiger partial charge in [0.25, 0.3) is 10.1 Å². The van der Waals surface area contributed by atoms with Crippen molar-refractivity contribution >= 4 is 27.8 Å². The van der Waals surface area contributed by atoms with Crippen molar-refractivity contribution in [3.8, 4) is 0 Å². The predicted octanol–water partition coefficient (Wildman–Crippen LogP) is 10.3. The van der Waals surface area contributed by atoms with Crippen LogP contribution >= 0.6 is 11.8 Å². The van der Waals surface area contributed by atoms with E-state index in [2.05, 4.69) is 6.92 Å². The van der Waals surface area contributed by atoms with Crippen LogP contribution < -0.4 is 0 Å². The highest BCUT2D eigenvalue weighted by Gasteiger charge is 2.28. The van der Waals surface area contributed by atoms with Crippen LogP contribution in [0, 0.1) is 12.8 Å². The Morgan fingerprint density at radius 2 is 1.42 bits per heavy atom. The lowest BCUT2D eigenvalue weighted by molar-refractivity contribution is -0.147. The lowest BCUT2D eigenvalue weighted by atomic mass is 10.0. The van der Waals surface area contributed by atoms with Crippen molar-refractivity contribution in [3.63, 3.8) is 0 Å². The third kappa shape index (κ3) is 18.8. The maximum atomic E-state index is 12.7. The number of hydrogen-bond donors (Lipinski definition) is 0. The van der Waals surface area contributed by atoms with Crippen molar-refractivity contribution in [2.45, 2.75) is 165 Å². The number of benzene rings is 1. The van der Waals surface area contributed by atoms with Crippen molar-refractivity contribution < 1.29 is 31.6 Å².